The zero-order chi connectivity index (χ0) is 9.28. The molecule has 0 aliphatic rings. The van der Waals surface area contributed by atoms with E-state index >= 15 is 0 Å². The average molecular weight is 170 g/mol. The van der Waals surface area contributed by atoms with Gasteiger partial charge in [-0.15, -0.1) is 13.2 Å². The SMILES string of the molecule is C[C@H](OC(F)(F)F)C(C)(C)C. The molecule has 0 amide bonds. The smallest absolute Gasteiger partial charge is 0.288 e. The molecule has 0 saturated heterocycles. The number of alkyl halides is 3. The second-order valence-corrected chi connectivity index (χ2v) is 3.57. The van der Waals surface area contributed by atoms with E-state index in [-0.39, 0.29) is 0 Å². The van der Waals surface area contributed by atoms with Crippen molar-refractivity contribution < 1.29 is 17.9 Å². The summed E-state index contributed by atoms with van der Waals surface area (Å²) in [5, 5.41) is 0. The second kappa shape index (κ2) is 3.01. The van der Waals surface area contributed by atoms with Crippen LogP contribution in [0.25, 0.3) is 0 Å². The molecule has 0 bridgehead atoms. The predicted molar refractivity (Wildman–Crippen MR) is 36.1 cm³/mol. The van der Waals surface area contributed by atoms with Crippen LogP contribution in [0.1, 0.15) is 27.7 Å². The molecule has 0 aliphatic carbocycles. The molecule has 0 saturated carbocycles. The summed E-state index contributed by atoms with van der Waals surface area (Å²) in [5.74, 6) is 0. The molecule has 0 rings (SSSR count). The molecule has 0 aromatic carbocycles. The topological polar surface area (TPSA) is 9.23 Å². The Bertz CT molecular complexity index is 123. The quantitative estimate of drug-likeness (QED) is 0.587. The van der Waals surface area contributed by atoms with Crippen LogP contribution in [0.4, 0.5) is 13.2 Å². The average Bonchev–Trinajstić information content (AvgIpc) is 1.56. The minimum Gasteiger partial charge on any atom is -0.288 e. The molecule has 1 nitrogen and oxygen atoms in total. The Morgan fingerprint density at radius 1 is 1.09 bits per heavy atom. The summed E-state index contributed by atoms with van der Waals surface area (Å²) in [6.45, 7) is 6.50. The second-order valence-electron chi connectivity index (χ2n) is 3.57. The van der Waals surface area contributed by atoms with E-state index < -0.39 is 17.9 Å². The van der Waals surface area contributed by atoms with Crippen molar-refractivity contribution in [3.63, 3.8) is 0 Å². The van der Waals surface area contributed by atoms with Crippen LogP contribution >= 0.6 is 0 Å². The van der Waals surface area contributed by atoms with E-state index in [0.29, 0.717) is 0 Å². The van der Waals surface area contributed by atoms with Gasteiger partial charge in [-0.2, -0.15) is 0 Å². The van der Waals surface area contributed by atoms with Crippen LogP contribution in [-0.4, -0.2) is 12.5 Å². The molecule has 4 heteroatoms. The third-order valence-corrected chi connectivity index (χ3v) is 1.53. The van der Waals surface area contributed by atoms with Crippen molar-refractivity contribution in [2.45, 2.75) is 40.2 Å². The summed E-state index contributed by atoms with van der Waals surface area (Å²) in [4.78, 5) is 0. The minimum absolute atomic E-state index is 0.477. The van der Waals surface area contributed by atoms with Crippen LogP contribution in [0.15, 0.2) is 0 Å². The van der Waals surface area contributed by atoms with Crippen LogP contribution in [0, 0.1) is 5.41 Å². The molecule has 11 heavy (non-hydrogen) atoms. The fourth-order valence-electron chi connectivity index (χ4n) is 0.377. The Morgan fingerprint density at radius 2 is 1.45 bits per heavy atom. The van der Waals surface area contributed by atoms with Crippen LogP contribution in [0.2, 0.25) is 0 Å². The van der Waals surface area contributed by atoms with Crippen LogP contribution < -0.4 is 0 Å². The molecule has 0 unspecified atom stereocenters. The first kappa shape index (κ1) is 10.8. The fraction of sp³-hybridized carbons (Fsp3) is 1.00. The molecule has 0 aromatic heterocycles. The standard InChI is InChI=1S/C7H13F3O/c1-5(6(2,3)4)11-7(8,9)10/h5H,1-4H3/t5-/m0/s1. The molecule has 0 spiro atoms. The van der Waals surface area contributed by atoms with Gasteiger partial charge in [0.05, 0.1) is 6.10 Å². The molecule has 0 radical (unpaired) electrons. The van der Waals surface area contributed by atoms with E-state index in [0.717, 1.165) is 0 Å². The van der Waals surface area contributed by atoms with Gasteiger partial charge in [0.2, 0.25) is 0 Å². The van der Waals surface area contributed by atoms with Crippen molar-refractivity contribution in [1.82, 2.24) is 0 Å². The highest BCUT2D eigenvalue weighted by Gasteiger charge is 2.36. The van der Waals surface area contributed by atoms with Crippen molar-refractivity contribution in [3.8, 4) is 0 Å². The zero-order valence-electron chi connectivity index (χ0n) is 7.12. The van der Waals surface area contributed by atoms with Gasteiger partial charge < -0.3 is 0 Å². The Balaban J connectivity index is 3.99. The Kier molecular flexibility index (Phi) is 2.94. The molecule has 1 atom stereocenters. The Hall–Kier alpha value is -0.250. The van der Waals surface area contributed by atoms with Gasteiger partial charge in [0.1, 0.15) is 0 Å². The van der Waals surface area contributed by atoms with Crippen LogP contribution in [0.3, 0.4) is 0 Å². The van der Waals surface area contributed by atoms with Crippen molar-refractivity contribution >= 4 is 0 Å². The Morgan fingerprint density at radius 3 is 1.55 bits per heavy atom. The van der Waals surface area contributed by atoms with Crippen molar-refractivity contribution in [3.05, 3.63) is 0 Å². The van der Waals surface area contributed by atoms with Gasteiger partial charge in [-0.05, 0) is 12.3 Å². The summed E-state index contributed by atoms with van der Waals surface area (Å²) in [6.07, 6.45) is -5.34. The first-order chi connectivity index (χ1) is 4.63. The molecule has 0 N–H and O–H groups in total. The van der Waals surface area contributed by atoms with Crippen molar-refractivity contribution in [2.75, 3.05) is 0 Å². The van der Waals surface area contributed by atoms with Crippen LogP contribution in [0.5, 0.6) is 0 Å². The number of rotatable bonds is 1. The van der Waals surface area contributed by atoms with E-state index in [1.807, 2.05) is 0 Å². The molecular formula is C7H13F3O. The maximum absolute atomic E-state index is 11.6. The number of hydrogen-bond donors (Lipinski definition) is 0. The summed E-state index contributed by atoms with van der Waals surface area (Å²) in [6, 6.07) is 0. The monoisotopic (exact) mass is 170 g/mol. The minimum atomic E-state index is -4.52. The van der Waals surface area contributed by atoms with Crippen molar-refractivity contribution in [1.29, 1.82) is 0 Å². The van der Waals surface area contributed by atoms with Gasteiger partial charge in [0, 0.05) is 0 Å². The van der Waals surface area contributed by atoms with Gasteiger partial charge in [-0.25, -0.2) is 0 Å². The number of halogens is 3. The van der Waals surface area contributed by atoms with Gasteiger partial charge in [-0.3, -0.25) is 4.74 Å². The molecule has 0 aromatic rings. The highest BCUT2D eigenvalue weighted by Crippen LogP contribution is 2.28. The summed E-state index contributed by atoms with van der Waals surface area (Å²) in [5.41, 5.74) is -0.477. The molecule has 0 aliphatic heterocycles. The fourth-order valence-corrected chi connectivity index (χ4v) is 0.377. The van der Waals surface area contributed by atoms with Gasteiger partial charge >= 0.3 is 6.36 Å². The molecule has 68 valence electrons. The lowest BCUT2D eigenvalue weighted by atomic mass is 9.90. The summed E-state index contributed by atoms with van der Waals surface area (Å²) >= 11 is 0. The summed E-state index contributed by atoms with van der Waals surface area (Å²) in [7, 11) is 0. The maximum Gasteiger partial charge on any atom is 0.522 e. The zero-order valence-corrected chi connectivity index (χ0v) is 7.12. The van der Waals surface area contributed by atoms with Gasteiger partial charge in [0.25, 0.3) is 0 Å². The maximum atomic E-state index is 11.6. The predicted octanol–water partition coefficient (Wildman–Crippen LogP) is 2.96. The third-order valence-electron chi connectivity index (χ3n) is 1.53. The van der Waals surface area contributed by atoms with Gasteiger partial charge in [-0.1, -0.05) is 20.8 Å². The highest BCUT2D eigenvalue weighted by atomic mass is 19.4. The first-order valence-corrected chi connectivity index (χ1v) is 3.37. The van der Waals surface area contributed by atoms with E-state index in [2.05, 4.69) is 4.74 Å². The Labute approximate surface area is 64.5 Å². The molecular weight excluding hydrogens is 157 g/mol. The summed E-state index contributed by atoms with van der Waals surface area (Å²) < 4.78 is 38.6. The normalized spacial score (nSPS) is 16.6. The van der Waals surface area contributed by atoms with Gasteiger partial charge in [0.15, 0.2) is 0 Å². The first-order valence-electron chi connectivity index (χ1n) is 3.37. The molecule has 0 heterocycles. The highest BCUT2D eigenvalue weighted by molar-refractivity contribution is 4.69. The van der Waals surface area contributed by atoms with Crippen molar-refractivity contribution in [2.24, 2.45) is 5.41 Å². The third kappa shape index (κ3) is 5.07. The number of ether oxygens (including phenoxy) is 1. The van der Waals surface area contributed by atoms with E-state index in [1.54, 1.807) is 20.8 Å². The van der Waals surface area contributed by atoms with E-state index in [1.165, 1.54) is 6.92 Å². The van der Waals surface area contributed by atoms with Crippen LogP contribution in [-0.2, 0) is 4.74 Å². The lowest BCUT2D eigenvalue weighted by molar-refractivity contribution is -0.350. The van der Waals surface area contributed by atoms with E-state index in [4.69, 9.17) is 0 Å². The molecule has 0 fully saturated rings. The lowest BCUT2D eigenvalue weighted by Crippen LogP contribution is -2.31. The lowest BCUT2D eigenvalue weighted by Gasteiger charge is -2.27. The number of hydrogen-bond acceptors (Lipinski definition) is 1. The largest absolute Gasteiger partial charge is 0.522 e. The van der Waals surface area contributed by atoms with E-state index in [9.17, 15) is 13.2 Å².